The first-order valence-electron chi connectivity index (χ1n) is 22.4. The Morgan fingerprint density at radius 3 is 1.63 bits per heavy atom. The number of allylic oxidation sites excluding steroid dienone is 13. The maximum absolute atomic E-state index is 12.6. The topological polar surface area (TPSA) is 236 Å². The molecule has 0 bridgehead atoms. The summed E-state index contributed by atoms with van der Waals surface area (Å²) in [5, 5.41) is 30.2. The molecule has 0 heterocycles. The van der Waals surface area contributed by atoms with E-state index in [0.29, 0.717) is 32.1 Å². The van der Waals surface area contributed by atoms with Crippen LogP contribution in [0.2, 0.25) is 0 Å². The SMILES string of the molecule is CC/C=C\C/C=C\C/C=C\C/C=C\C/C=C\C/C=C\CCC(=O)O[C@H](COC(=O)CCCCCCC[C@@H](O)[C@H](O)C/C=C\CCCCC)COP(=O)(O)OC[C@@H](O)COP(=O)(O)O. The smallest absolute Gasteiger partial charge is 0.462 e. The number of hydrogen-bond donors (Lipinski definition) is 6. The van der Waals surface area contributed by atoms with Crippen molar-refractivity contribution in [1.82, 2.24) is 0 Å². The summed E-state index contributed by atoms with van der Waals surface area (Å²) in [6.45, 7) is 1.32. The Hall–Kier alpha value is -2.78. The average molecular weight is 933 g/mol. The highest BCUT2D eigenvalue weighted by Gasteiger charge is 2.28. The molecule has 0 amide bonds. The third kappa shape index (κ3) is 42.9. The molecule has 0 aliphatic carbocycles. The van der Waals surface area contributed by atoms with Gasteiger partial charge in [0.2, 0.25) is 0 Å². The molecule has 0 aliphatic rings. The van der Waals surface area contributed by atoms with Crippen LogP contribution >= 0.6 is 15.6 Å². The Bertz CT molecular complexity index is 1470. The number of esters is 2. The molecule has 15 nitrogen and oxygen atoms in total. The largest absolute Gasteiger partial charge is 0.472 e. The third-order valence-corrected chi connectivity index (χ3v) is 10.4. The lowest BCUT2D eigenvalue weighted by atomic mass is 10.0. The van der Waals surface area contributed by atoms with Gasteiger partial charge in [-0.1, -0.05) is 137 Å². The number of carbonyl (C=O) groups excluding carboxylic acids is 2. The van der Waals surface area contributed by atoms with Crippen LogP contribution in [-0.4, -0.2) is 92.8 Å². The second-order valence-corrected chi connectivity index (χ2v) is 17.6. The molecule has 1 unspecified atom stereocenters. The van der Waals surface area contributed by atoms with Crippen molar-refractivity contribution in [2.75, 3.05) is 26.4 Å². The monoisotopic (exact) mass is 932 g/mol. The molecule has 0 saturated carbocycles. The van der Waals surface area contributed by atoms with Crippen molar-refractivity contribution >= 4 is 27.6 Å². The molecule has 5 atom stereocenters. The van der Waals surface area contributed by atoms with Crippen LogP contribution in [0.3, 0.4) is 0 Å². The summed E-state index contributed by atoms with van der Waals surface area (Å²) in [5.74, 6) is -1.25. The van der Waals surface area contributed by atoms with Crippen LogP contribution in [0.15, 0.2) is 85.1 Å². The first kappa shape index (κ1) is 60.2. The number of carbonyl (C=O) groups is 2. The predicted molar refractivity (Wildman–Crippen MR) is 246 cm³/mol. The van der Waals surface area contributed by atoms with Crippen LogP contribution in [-0.2, 0) is 41.8 Å². The number of phosphoric ester groups is 2. The number of hydrogen-bond acceptors (Lipinski definition) is 12. The van der Waals surface area contributed by atoms with Crippen LogP contribution in [0, 0.1) is 0 Å². The number of rotatable bonds is 41. The van der Waals surface area contributed by atoms with E-state index in [1.807, 2.05) is 30.4 Å². The Labute approximate surface area is 376 Å². The van der Waals surface area contributed by atoms with Crippen molar-refractivity contribution in [2.45, 2.75) is 167 Å². The lowest BCUT2D eigenvalue weighted by Crippen LogP contribution is -2.29. The molecule has 0 aromatic heterocycles. The Balaban J connectivity index is 4.75. The highest BCUT2D eigenvalue weighted by Crippen LogP contribution is 2.43. The van der Waals surface area contributed by atoms with Crippen molar-refractivity contribution < 1.29 is 71.8 Å². The minimum Gasteiger partial charge on any atom is -0.462 e. The van der Waals surface area contributed by atoms with Gasteiger partial charge in [0.25, 0.3) is 0 Å². The van der Waals surface area contributed by atoms with Gasteiger partial charge in [0, 0.05) is 12.8 Å². The van der Waals surface area contributed by atoms with E-state index in [1.54, 1.807) is 0 Å². The third-order valence-electron chi connectivity index (χ3n) is 8.97. The minimum atomic E-state index is -4.89. The van der Waals surface area contributed by atoms with Gasteiger partial charge in [-0.05, 0) is 77.0 Å². The number of aliphatic hydroxyl groups is 3. The summed E-state index contributed by atoms with van der Waals surface area (Å²) in [6, 6.07) is 0. The van der Waals surface area contributed by atoms with Gasteiger partial charge in [-0.3, -0.25) is 23.2 Å². The van der Waals surface area contributed by atoms with Gasteiger partial charge < -0.3 is 39.5 Å². The van der Waals surface area contributed by atoms with Crippen LogP contribution in [0.25, 0.3) is 0 Å². The van der Waals surface area contributed by atoms with Crippen molar-refractivity contribution in [1.29, 1.82) is 0 Å². The van der Waals surface area contributed by atoms with Crippen LogP contribution in [0.1, 0.15) is 142 Å². The van der Waals surface area contributed by atoms with Crippen LogP contribution in [0.5, 0.6) is 0 Å². The molecule has 6 N–H and O–H groups in total. The fourth-order valence-corrected chi connectivity index (χ4v) is 6.61. The molecular formula is C46H78O15P2. The number of unbranched alkanes of at least 4 members (excludes halogenated alkanes) is 7. The van der Waals surface area contributed by atoms with Crippen molar-refractivity contribution in [3.05, 3.63) is 85.1 Å². The van der Waals surface area contributed by atoms with E-state index >= 15 is 0 Å². The second kappa shape index (κ2) is 40.7. The summed E-state index contributed by atoms with van der Waals surface area (Å²) in [6.07, 6.45) is 39.0. The molecule has 0 radical (unpaired) electrons. The molecule has 0 aromatic carbocycles. The molecule has 17 heteroatoms. The molecule has 0 aromatic rings. The number of ether oxygens (including phenoxy) is 2. The summed E-state index contributed by atoms with van der Waals surface area (Å²) >= 11 is 0. The van der Waals surface area contributed by atoms with Crippen molar-refractivity contribution in [2.24, 2.45) is 0 Å². The van der Waals surface area contributed by atoms with Crippen LogP contribution in [0.4, 0.5) is 0 Å². The number of phosphoric acid groups is 2. The van der Waals surface area contributed by atoms with Crippen molar-refractivity contribution in [3.63, 3.8) is 0 Å². The average Bonchev–Trinajstić information content (AvgIpc) is 3.24. The zero-order valence-corrected chi connectivity index (χ0v) is 39.4. The van der Waals surface area contributed by atoms with Gasteiger partial charge in [0.1, 0.15) is 12.7 Å². The van der Waals surface area contributed by atoms with E-state index in [2.05, 4.69) is 77.6 Å². The minimum absolute atomic E-state index is 0.0299. The molecule has 362 valence electrons. The maximum atomic E-state index is 12.6. The van der Waals surface area contributed by atoms with Crippen molar-refractivity contribution in [3.8, 4) is 0 Å². The van der Waals surface area contributed by atoms with Gasteiger partial charge in [0.05, 0.1) is 32.0 Å². The summed E-state index contributed by atoms with van der Waals surface area (Å²) in [5.41, 5.74) is 0. The normalized spacial score (nSPS) is 15.7. The Morgan fingerprint density at radius 1 is 0.524 bits per heavy atom. The van der Waals surface area contributed by atoms with E-state index in [0.717, 1.165) is 77.0 Å². The lowest BCUT2D eigenvalue weighted by Gasteiger charge is -2.20. The van der Waals surface area contributed by atoms with Gasteiger partial charge in [-0.15, -0.1) is 0 Å². The number of aliphatic hydroxyl groups excluding tert-OH is 3. The zero-order valence-electron chi connectivity index (χ0n) is 37.6. The van der Waals surface area contributed by atoms with Gasteiger partial charge in [-0.2, -0.15) is 0 Å². The van der Waals surface area contributed by atoms with E-state index in [-0.39, 0.29) is 12.8 Å². The van der Waals surface area contributed by atoms with E-state index in [9.17, 15) is 38.9 Å². The summed E-state index contributed by atoms with van der Waals surface area (Å²) in [7, 11) is -9.76. The molecule has 0 rings (SSSR count). The standard InChI is InChI=1S/C46H78O15P2/c1-3-5-7-9-11-12-13-14-15-16-17-18-19-20-21-22-23-27-32-36-46(51)61-42(40-60-63(55,56)59-38-41(47)37-58-62(52,53)54)39-57-45(50)35-31-28-24-26-30-34-44(49)43(48)33-29-25-10-8-6-4-2/h5,7,11-12,14-15,17-18,20-21,23,25,27,29,41-44,47-49H,3-4,6,8-10,13,16,19,22,24,26,28,30-40H2,1-2H3,(H,55,56)(H2,52,53,54)/b7-5-,12-11-,15-14-,18-17-,21-20-,27-23-,29-25-/t41-,42+,43+,44+/m0/s1. The first-order chi connectivity index (χ1) is 30.2. The quantitative estimate of drug-likeness (QED) is 0.0145. The fourth-order valence-electron chi connectivity index (χ4n) is 5.45. The summed E-state index contributed by atoms with van der Waals surface area (Å²) in [4.78, 5) is 52.7. The molecule has 0 saturated heterocycles. The van der Waals surface area contributed by atoms with E-state index in [1.165, 1.54) is 6.42 Å². The highest BCUT2D eigenvalue weighted by atomic mass is 31.2. The van der Waals surface area contributed by atoms with Gasteiger partial charge >= 0.3 is 27.6 Å². The van der Waals surface area contributed by atoms with Crippen LogP contribution < -0.4 is 0 Å². The maximum Gasteiger partial charge on any atom is 0.472 e. The Morgan fingerprint density at radius 2 is 1.05 bits per heavy atom. The first-order valence-corrected chi connectivity index (χ1v) is 25.5. The molecule has 63 heavy (non-hydrogen) atoms. The predicted octanol–water partition coefficient (Wildman–Crippen LogP) is 9.50. The summed E-state index contributed by atoms with van der Waals surface area (Å²) < 4.78 is 47.6. The highest BCUT2D eigenvalue weighted by molar-refractivity contribution is 7.47. The molecular weight excluding hydrogens is 854 g/mol. The second-order valence-electron chi connectivity index (χ2n) is 14.9. The van der Waals surface area contributed by atoms with Gasteiger partial charge in [0.15, 0.2) is 6.10 Å². The lowest BCUT2D eigenvalue weighted by molar-refractivity contribution is -0.161. The molecule has 0 fully saturated rings. The Kier molecular flexibility index (Phi) is 38.9. The van der Waals surface area contributed by atoms with E-state index < -0.39 is 78.4 Å². The van der Waals surface area contributed by atoms with E-state index in [4.69, 9.17) is 23.8 Å². The molecule has 0 spiro atoms. The van der Waals surface area contributed by atoms with Gasteiger partial charge in [-0.25, -0.2) is 9.13 Å². The zero-order chi connectivity index (χ0) is 46.9. The molecule has 0 aliphatic heterocycles. The fraction of sp³-hybridized carbons (Fsp3) is 0.652.